The Morgan fingerprint density at radius 1 is 1.23 bits per heavy atom. The molecule has 0 N–H and O–H groups in total. The third-order valence-electron chi connectivity index (χ3n) is 4.41. The molecular weight excluding hydrogens is 340 g/mol. The van der Waals surface area contributed by atoms with Crippen molar-refractivity contribution < 1.29 is 28.6 Å². The number of anilines is 1. The van der Waals surface area contributed by atoms with Crippen molar-refractivity contribution in [3.05, 3.63) is 24.3 Å². The monoisotopic (exact) mass is 362 g/mol. The van der Waals surface area contributed by atoms with Gasteiger partial charge in [0.1, 0.15) is 12.3 Å². The average Bonchev–Trinajstić information content (AvgIpc) is 2.94. The van der Waals surface area contributed by atoms with Crippen molar-refractivity contribution in [3.8, 4) is 5.75 Å². The summed E-state index contributed by atoms with van der Waals surface area (Å²) in [6.45, 7) is 2.13. The summed E-state index contributed by atoms with van der Waals surface area (Å²) in [5.74, 6) is -0.655. The van der Waals surface area contributed by atoms with Crippen LogP contribution in [0.2, 0.25) is 0 Å². The van der Waals surface area contributed by atoms with Crippen molar-refractivity contribution in [2.45, 2.75) is 18.9 Å². The van der Waals surface area contributed by atoms with E-state index in [1.165, 1.54) is 12.0 Å². The second-order valence-corrected chi connectivity index (χ2v) is 6.13. The van der Waals surface area contributed by atoms with Gasteiger partial charge in [0.2, 0.25) is 5.91 Å². The summed E-state index contributed by atoms with van der Waals surface area (Å²) in [5.41, 5.74) is 0.526. The third-order valence-corrected chi connectivity index (χ3v) is 4.41. The SMILES string of the molecule is COC(=O)C[C@@H]1Oc2ccccc2N(CC(=O)N2CCCOCC2)C1=O. The van der Waals surface area contributed by atoms with Crippen LogP contribution in [0.25, 0.3) is 0 Å². The highest BCUT2D eigenvalue weighted by atomic mass is 16.5. The van der Waals surface area contributed by atoms with Crippen molar-refractivity contribution in [2.75, 3.05) is 44.9 Å². The molecule has 2 aliphatic rings. The lowest BCUT2D eigenvalue weighted by Crippen LogP contribution is -2.51. The molecule has 0 bridgehead atoms. The molecule has 0 radical (unpaired) electrons. The first kappa shape index (κ1) is 18.2. The van der Waals surface area contributed by atoms with Gasteiger partial charge >= 0.3 is 5.97 Å². The molecular formula is C18H22N2O6. The van der Waals surface area contributed by atoms with Gasteiger partial charge in [-0.15, -0.1) is 0 Å². The lowest BCUT2D eigenvalue weighted by molar-refractivity contribution is -0.145. The summed E-state index contributed by atoms with van der Waals surface area (Å²) in [4.78, 5) is 40.2. The number of carbonyl (C=O) groups excluding carboxylic acids is 3. The van der Waals surface area contributed by atoms with E-state index >= 15 is 0 Å². The van der Waals surface area contributed by atoms with Gasteiger partial charge in [0, 0.05) is 19.7 Å². The van der Waals surface area contributed by atoms with Crippen molar-refractivity contribution in [3.63, 3.8) is 0 Å². The van der Waals surface area contributed by atoms with Crippen LogP contribution in [0.4, 0.5) is 5.69 Å². The second-order valence-electron chi connectivity index (χ2n) is 6.13. The van der Waals surface area contributed by atoms with Crippen molar-refractivity contribution >= 4 is 23.5 Å². The number of ether oxygens (including phenoxy) is 3. The highest BCUT2D eigenvalue weighted by Gasteiger charge is 2.37. The van der Waals surface area contributed by atoms with E-state index in [0.717, 1.165) is 6.42 Å². The fourth-order valence-corrected chi connectivity index (χ4v) is 3.03. The number of hydrogen-bond donors (Lipinski definition) is 0. The standard InChI is InChI=1S/C18H22N2O6/c1-24-17(22)11-15-18(23)20(13-5-2-3-6-14(13)26-15)12-16(21)19-7-4-9-25-10-8-19/h2-3,5-6,15H,4,7-12H2,1H3/t15-/m0/s1. The van der Waals surface area contributed by atoms with E-state index in [2.05, 4.69) is 4.74 Å². The predicted octanol–water partition coefficient (Wildman–Crippen LogP) is 0.593. The molecule has 0 spiro atoms. The Balaban J connectivity index is 1.80. The van der Waals surface area contributed by atoms with E-state index in [1.54, 1.807) is 29.2 Å². The molecule has 0 aromatic heterocycles. The number of fused-ring (bicyclic) bond motifs is 1. The molecule has 1 aromatic rings. The molecule has 26 heavy (non-hydrogen) atoms. The Morgan fingerprint density at radius 3 is 2.85 bits per heavy atom. The van der Waals surface area contributed by atoms with Gasteiger partial charge in [-0.25, -0.2) is 0 Å². The topological polar surface area (TPSA) is 85.4 Å². The molecule has 2 amide bonds. The van der Waals surface area contributed by atoms with Gasteiger partial charge in [-0.2, -0.15) is 0 Å². The second kappa shape index (κ2) is 8.18. The lowest BCUT2D eigenvalue weighted by atomic mass is 10.1. The molecule has 2 heterocycles. The van der Waals surface area contributed by atoms with Crippen LogP contribution in [0, 0.1) is 0 Å². The maximum Gasteiger partial charge on any atom is 0.309 e. The Morgan fingerprint density at radius 2 is 2.04 bits per heavy atom. The molecule has 1 atom stereocenters. The zero-order valence-electron chi connectivity index (χ0n) is 14.7. The number of carbonyl (C=O) groups is 3. The molecule has 0 unspecified atom stereocenters. The summed E-state index contributed by atoms with van der Waals surface area (Å²) < 4.78 is 15.7. The fourth-order valence-electron chi connectivity index (χ4n) is 3.03. The summed E-state index contributed by atoms with van der Waals surface area (Å²) in [7, 11) is 1.26. The number of amides is 2. The van der Waals surface area contributed by atoms with Gasteiger partial charge in [-0.1, -0.05) is 12.1 Å². The average molecular weight is 362 g/mol. The van der Waals surface area contributed by atoms with Crippen LogP contribution in [-0.2, 0) is 23.9 Å². The minimum absolute atomic E-state index is 0.100. The van der Waals surface area contributed by atoms with Gasteiger partial charge in [0.05, 0.1) is 25.8 Å². The highest BCUT2D eigenvalue weighted by Crippen LogP contribution is 2.34. The van der Waals surface area contributed by atoms with Gasteiger partial charge in [0.25, 0.3) is 5.91 Å². The molecule has 3 rings (SSSR count). The van der Waals surface area contributed by atoms with E-state index in [1.807, 2.05) is 0 Å². The first-order chi connectivity index (χ1) is 12.6. The number of methoxy groups -OCH3 is 1. The van der Waals surface area contributed by atoms with Gasteiger partial charge in [0.15, 0.2) is 6.10 Å². The Bertz CT molecular complexity index is 684. The summed E-state index contributed by atoms with van der Waals surface area (Å²) in [6, 6.07) is 6.98. The van der Waals surface area contributed by atoms with Crippen LogP contribution in [0.15, 0.2) is 24.3 Å². The van der Waals surface area contributed by atoms with Crippen molar-refractivity contribution in [2.24, 2.45) is 0 Å². The third kappa shape index (κ3) is 3.96. The van der Waals surface area contributed by atoms with Crippen molar-refractivity contribution in [1.82, 2.24) is 4.90 Å². The van der Waals surface area contributed by atoms with Crippen molar-refractivity contribution in [1.29, 1.82) is 0 Å². The minimum atomic E-state index is -1.00. The van der Waals surface area contributed by atoms with Crippen LogP contribution >= 0.6 is 0 Å². The summed E-state index contributed by atoms with van der Waals surface area (Å²) >= 11 is 0. The summed E-state index contributed by atoms with van der Waals surface area (Å²) in [5, 5.41) is 0. The van der Waals surface area contributed by atoms with Gasteiger partial charge in [-0.05, 0) is 18.6 Å². The van der Waals surface area contributed by atoms with Crippen LogP contribution in [0.5, 0.6) is 5.75 Å². The normalized spacial score (nSPS) is 20.0. The van der Waals surface area contributed by atoms with Gasteiger partial charge in [-0.3, -0.25) is 19.3 Å². The lowest BCUT2D eigenvalue weighted by Gasteiger charge is -2.34. The molecule has 1 fully saturated rings. The zero-order valence-corrected chi connectivity index (χ0v) is 14.7. The molecule has 140 valence electrons. The molecule has 2 aliphatic heterocycles. The number of rotatable bonds is 4. The predicted molar refractivity (Wildman–Crippen MR) is 91.9 cm³/mol. The molecule has 1 aromatic carbocycles. The molecule has 0 aliphatic carbocycles. The van der Waals surface area contributed by atoms with E-state index in [9.17, 15) is 14.4 Å². The maximum atomic E-state index is 12.8. The minimum Gasteiger partial charge on any atom is -0.478 e. The molecule has 0 saturated carbocycles. The Labute approximate surface area is 151 Å². The highest BCUT2D eigenvalue weighted by molar-refractivity contribution is 6.05. The van der Waals surface area contributed by atoms with Crippen LogP contribution in [0.1, 0.15) is 12.8 Å². The van der Waals surface area contributed by atoms with E-state index in [-0.39, 0.29) is 18.9 Å². The molecule has 8 heteroatoms. The number of benzene rings is 1. The number of hydrogen-bond acceptors (Lipinski definition) is 6. The quantitative estimate of drug-likeness (QED) is 0.729. The van der Waals surface area contributed by atoms with E-state index in [0.29, 0.717) is 37.7 Å². The van der Waals surface area contributed by atoms with Crippen LogP contribution in [-0.4, -0.2) is 68.7 Å². The molecule has 1 saturated heterocycles. The van der Waals surface area contributed by atoms with E-state index in [4.69, 9.17) is 9.47 Å². The van der Waals surface area contributed by atoms with E-state index < -0.39 is 18.0 Å². The number of esters is 1. The summed E-state index contributed by atoms with van der Waals surface area (Å²) in [6.07, 6.45) is -0.436. The number of nitrogens with zero attached hydrogens (tertiary/aromatic N) is 2. The number of para-hydroxylation sites is 2. The Hall–Kier alpha value is -2.61. The first-order valence-electron chi connectivity index (χ1n) is 8.59. The fraction of sp³-hybridized carbons (Fsp3) is 0.500. The van der Waals surface area contributed by atoms with Crippen LogP contribution < -0.4 is 9.64 Å². The molecule has 8 nitrogen and oxygen atoms in total. The van der Waals surface area contributed by atoms with Crippen LogP contribution in [0.3, 0.4) is 0 Å². The smallest absolute Gasteiger partial charge is 0.309 e. The van der Waals surface area contributed by atoms with Gasteiger partial charge < -0.3 is 19.1 Å². The first-order valence-corrected chi connectivity index (χ1v) is 8.59. The maximum absolute atomic E-state index is 12.8. The zero-order chi connectivity index (χ0) is 18.5. The largest absolute Gasteiger partial charge is 0.478 e. The Kier molecular flexibility index (Phi) is 5.72.